The number of piperazine rings is 1. The van der Waals surface area contributed by atoms with Crippen molar-refractivity contribution in [3.05, 3.63) is 46.0 Å². The van der Waals surface area contributed by atoms with Gasteiger partial charge in [-0.1, -0.05) is 6.07 Å². The summed E-state index contributed by atoms with van der Waals surface area (Å²) in [5.41, 5.74) is 9.85. The lowest BCUT2D eigenvalue weighted by atomic mass is 10.0. The zero-order chi connectivity index (χ0) is 34.4. The van der Waals surface area contributed by atoms with Crippen molar-refractivity contribution >= 4 is 54.2 Å². The summed E-state index contributed by atoms with van der Waals surface area (Å²) in [6, 6.07) is 10.3. The monoisotopic (exact) mass is 703 g/mol. The summed E-state index contributed by atoms with van der Waals surface area (Å²) in [6.07, 6.45) is -2.40. The van der Waals surface area contributed by atoms with E-state index in [2.05, 4.69) is 61.7 Å². The summed E-state index contributed by atoms with van der Waals surface area (Å²) >= 11 is 0.991. The first-order chi connectivity index (χ1) is 22.7. The van der Waals surface area contributed by atoms with Crippen LogP contribution in [0.2, 0.25) is 0 Å². The number of alkyl halides is 3. The number of aromatic nitrogens is 3. The Morgan fingerprint density at radius 1 is 1.10 bits per heavy atom. The zero-order valence-electron chi connectivity index (χ0n) is 27.2. The SMILES string of the molecule is Cc1c(CN2CCC(Nc3nc(N)nc4sc(CC(F)(F)F)cc34)CC2)ccc2c1cc(C#N)n2C[C@H](C)N1CCN(S(C)(=O)=O)CC1. The molecule has 2 aliphatic heterocycles. The number of nitrogen functional groups attached to an aromatic ring is 1. The van der Waals surface area contributed by atoms with Crippen LogP contribution in [0.1, 0.15) is 41.5 Å². The third-order valence-electron chi connectivity index (χ3n) is 9.55. The Kier molecular flexibility index (Phi) is 9.62. The molecule has 11 nitrogen and oxygen atoms in total. The van der Waals surface area contributed by atoms with E-state index < -0.39 is 22.6 Å². The Morgan fingerprint density at radius 2 is 1.81 bits per heavy atom. The Hall–Kier alpha value is -3.49. The molecule has 0 saturated carbocycles. The number of hydrogen-bond acceptors (Lipinski definition) is 10. The van der Waals surface area contributed by atoms with Crippen molar-refractivity contribution in [2.45, 2.75) is 64.5 Å². The molecule has 0 amide bonds. The summed E-state index contributed by atoms with van der Waals surface area (Å²) in [5.74, 6) is 0.509. The smallest absolute Gasteiger partial charge is 0.368 e. The van der Waals surface area contributed by atoms with Gasteiger partial charge in [0.2, 0.25) is 16.0 Å². The molecule has 258 valence electrons. The molecule has 6 rings (SSSR count). The van der Waals surface area contributed by atoms with Crippen LogP contribution < -0.4 is 11.1 Å². The molecule has 0 spiro atoms. The van der Waals surface area contributed by atoms with E-state index in [1.54, 1.807) is 0 Å². The summed E-state index contributed by atoms with van der Waals surface area (Å²) in [7, 11) is -3.20. The molecule has 1 aromatic carbocycles. The molecule has 0 unspecified atom stereocenters. The second kappa shape index (κ2) is 13.4. The van der Waals surface area contributed by atoms with Gasteiger partial charge in [0.05, 0.1) is 18.1 Å². The fourth-order valence-electron chi connectivity index (χ4n) is 6.89. The van der Waals surface area contributed by atoms with Crippen molar-refractivity contribution in [2.75, 3.05) is 56.6 Å². The van der Waals surface area contributed by atoms with Crippen LogP contribution in [0.3, 0.4) is 0 Å². The van der Waals surface area contributed by atoms with Gasteiger partial charge >= 0.3 is 6.18 Å². The van der Waals surface area contributed by atoms with E-state index in [9.17, 15) is 26.9 Å². The molecule has 48 heavy (non-hydrogen) atoms. The van der Waals surface area contributed by atoms with Crippen molar-refractivity contribution in [1.29, 1.82) is 5.26 Å². The lowest BCUT2D eigenvalue weighted by Gasteiger charge is -2.37. The van der Waals surface area contributed by atoms with Crippen LogP contribution in [0.15, 0.2) is 24.3 Å². The predicted molar refractivity (Wildman–Crippen MR) is 182 cm³/mol. The van der Waals surface area contributed by atoms with Crippen LogP contribution in [0.25, 0.3) is 21.1 Å². The fraction of sp³-hybridized carbons (Fsp3) is 0.531. The van der Waals surface area contributed by atoms with E-state index in [0.29, 0.717) is 54.5 Å². The number of halogens is 3. The number of sulfonamides is 1. The molecule has 4 aromatic rings. The Labute approximate surface area is 282 Å². The molecule has 1 atom stereocenters. The fourth-order valence-corrected chi connectivity index (χ4v) is 8.78. The van der Waals surface area contributed by atoms with Crippen LogP contribution in [-0.2, 0) is 29.5 Å². The predicted octanol–water partition coefficient (Wildman–Crippen LogP) is 4.56. The number of nitriles is 1. The van der Waals surface area contributed by atoms with Gasteiger partial charge < -0.3 is 15.6 Å². The number of nitrogens with two attached hydrogens (primary N) is 1. The van der Waals surface area contributed by atoms with Gasteiger partial charge in [0.15, 0.2) is 0 Å². The molecular weight excluding hydrogens is 664 g/mol. The highest BCUT2D eigenvalue weighted by Crippen LogP contribution is 2.34. The number of likely N-dealkylation sites (tertiary alicyclic amines) is 1. The van der Waals surface area contributed by atoms with Gasteiger partial charge in [-0.15, -0.1) is 11.3 Å². The first kappa shape index (κ1) is 34.4. The Bertz CT molecular complexity index is 1950. The van der Waals surface area contributed by atoms with Crippen molar-refractivity contribution < 1.29 is 21.6 Å². The molecule has 0 radical (unpaired) electrons. The molecule has 16 heteroatoms. The first-order valence-corrected chi connectivity index (χ1v) is 18.7. The second-order valence-electron chi connectivity index (χ2n) is 12.9. The lowest BCUT2D eigenvalue weighted by molar-refractivity contribution is -0.126. The van der Waals surface area contributed by atoms with Gasteiger partial charge in [-0.2, -0.15) is 27.7 Å². The largest absolute Gasteiger partial charge is 0.393 e. The molecule has 2 aliphatic rings. The number of anilines is 2. The van der Waals surface area contributed by atoms with E-state index in [-0.39, 0.29) is 22.9 Å². The maximum Gasteiger partial charge on any atom is 0.393 e. The standard InChI is InChI=1S/C32H40F3N9O2S2/c1-20(42-10-12-43(13-11-42)48(3,45)46)18-44-24(17-36)14-26-21(2)22(4-5-28(26)44)19-41-8-6-23(7-9-41)38-29-27-15-25(16-32(33,34)35)47-30(27)40-31(37)39-29/h4-5,14-15,20,23H,6-13,16,18-19H2,1-3H3,(H3,37,38,39,40)/t20-/m0/s1. The number of aryl methyl sites for hydroxylation is 1. The van der Waals surface area contributed by atoms with Crippen molar-refractivity contribution in [3.8, 4) is 6.07 Å². The number of piperidine rings is 1. The number of rotatable bonds is 9. The van der Waals surface area contributed by atoms with Crippen LogP contribution in [0.5, 0.6) is 0 Å². The van der Waals surface area contributed by atoms with Crippen LogP contribution in [0.4, 0.5) is 24.9 Å². The minimum Gasteiger partial charge on any atom is -0.368 e. The quantitative estimate of drug-likeness (QED) is 0.257. The van der Waals surface area contributed by atoms with E-state index in [4.69, 9.17) is 5.73 Å². The molecule has 5 heterocycles. The second-order valence-corrected chi connectivity index (χ2v) is 16.0. The Balaban J connectivity index is 1.09. The minimum absolute atomic E-state index is 0.0315. The topological polar surface area (TPSA) is 136 Å². The molecule has 0 bridgehead atoms. The van der Waals surface area contributed by atoms with Gasteiger partial charge in [-0.25, -0.2) is 13.4 Å². The normalized spacial score (nSPS) is 18.4. The van der Waals surface area contributed by atoms with Gasteiger partial charge in [0, 0.05) is 80.2 Å². The third kappa shape index (κ3) is 7.55. The molecule has 2 fully saturated rings. The maximum absolute atomic E-state index is 13.0. The molecule has 3 aromatic heterocycles. The number of hydrogen-bond donors (Lipinski definition) is 2. The summed E-state index contributed by atoms with van der Waals surface area (Å²) in [4.78, 5) is 13.8. The highest BCUT2D eigenvalue weighted by molar-refractivity contribution is 7.88. The minimum atomic E-state index is -4.30. The number of thiophene rings is 1. The van der Waals surface area contributed by atoms with Gasteiger partial charge in [0.1, 0.15) is 22.4 Å². The van der Waals surface area contributed by atoms with Crippen molar-refractivity contribution in [3.63, 3.8) is 0 Å². The number of nitrogens with one attached hydrogen (secondary N) is 1. The number of benzene rings is 1. The molecule has 3 N–H and O–H groups in total. The Morgan fingerprint density at radius 3 is 2.46 bits per heavy atom. The average molecular weight is 704 g/mol. The van der Waals surface area contributed by atoms with Gasteiger partial charge in [-0.05, 0) is 56.0 Å². The molecule has 0 aliphatic carbocycles. The number of fused-ring (bicyclic) bond motifs is 2. The van der Waals surface area contributed by atoms with Crippen LogP contribution in [-0.4, -0.2) is 101 Å². The third-order valence-corrected chi connectivity index (χ3v) is 11.9. The first-order valence-electron chi connectivity index (χ1n) is 16.0. The van der Waals surface area contributed by atoms with Gasteiger partial charge in [-0.3, -0.25) is 9.80 Å². The highest BCUT2D eigenvalue weighted by atomic mass is 32.2. The lowest BCUT2D eigenvalue weighted by Crippen LogP contribution is -2.51. The average Bonchev–Trinajstić information content (AvgIpc) is 3.58. The van der Waals surface area contributed by atoms with Gasteiger partial charge in [0.25, 0.3) is 0 Å². The number of nitrogens with zero attached hydrogens (tertiary/aromatic N) is 7. The molecular formula is C32H40F3N9O2S2. The van der Waals surface area contributed by atoms with Crippen LogP contribution in [0, 0.1) is 18.3 Å². The van der Waals surface area contributed by atoms with E-state index >= 15 is 0 Å². The zero-order valence-corrected chi connectivity index (χ0v) is 28.9. The van der Waals surface area contributed by atoms with E-state index in [0.717, 1.165) is 60.3 Å². The summed E-state index contributed by atoms with van der Waals surface area (Å²) in [6.45, 7) is 9.51. The van der Waals surface area contributed by atoms with E-state index in [1.807, 2.05) is 6.07 Å². The van der Waals surface area contributed by atoms with Crippen LogP contribution >= 0.6 is 11.3 Å². The van der Waals surface area contributed by atoms with E-state index in [1.165, 1.54) is 22.2 Å². The van der Waals surface area contributed by atoms with Crippen molar-refractivity contribution in [1.82, 2.24) is 28.6 Å². The summed E-state index contributed by atoms with van der Waals surface area (Å²) < 4.78 is 66.4. The maximum atomic E-state index is 13.0. The summed E-state index contributed by atoms with van der Waals surface area (Å²) in [5, 5.41) is 15.1. The highest BCUT2D eigenvalue weighted by Gasteiger charge is 2.30. The molecule has 2 saturated heterocycles. The van der Waals surface area contributed by atoms with Crippen molar-refractivity contribution in [2.24, 2.45) is 0 Å².